The van der Waals surface area contributed by atoms with Crippen molar-refractivity contribution in [1.29, 1.82) is 0 Å². The minimum Gasteiger partial charge on any atom is -0.456 e. The van der Waals surface area contributed by atoms with Gasteiger partial charge in [-0.05, 0) is 112 Å². The van der Waals surface area contributed by atoms with Crippen LogP contribution in [0.25, 0.3) is 110 Å². The van der Waals surface area contributed by atoms with Gasteiger partial charge in [-0.15, -0.1) is 0 Å². The molecule has 13 rings (SSSR count). The lowest BCUT2D eigenvalue weighted by atomic mass is 9.97. The highest BCUT2D eigenvalue weighted by Crippen LogP contribution is 2.45. The van der Waals surface area contributed by atoms with E-state index in [1.807, 2.05) is 24.3 Å². The molecule has 0 saturated heterocycles. The summed E-state index contributed by atoms with van der Waals surface area (Å²) in [5, 5.41) is 8.99. The molecule has 4 heteroatoms. The van der Waals surface area contributed by atoms with Crippen LogP contribution in [0.5, 0.6) is 0 Å². The van der Waals surface area contributed by atoms with Gasteiger partial charge in [0.25, 0.3) is 0 Å². The van der Waals surface area contributed by atoms with Crippen molar-refractivity contribution in [2.75, 3.05) is 4.90 Å². The number of benzene rings is 10. The van der Waals surface area contributed by atoms with Crippen LogP contribution in [0.15, 0.2) is 226 Å². The van der Waals surface area contributed by atoms with E-state index in [2.05, 4.69) is 193 Å². The number of hydrogen-bond donors (Lipinski definition) is 0. The Morgan fingerprint density at radius 3 is 1.66 bits per heavy atom. The monoisotopic (exact) mass is 793 g/mol. The normalized spacial score (nSPS) is 11.9. The molecule has 0 radical (unpaired) electrons. The minimum atomic E-state index is 0.877. The van der Waals surface area contributed by atoms with Crippen molar-refractivity contribution < 1.29 is 13.3 Å². The molecule has 290 valence electrons. The second-order valence-electron chi connectivity index (χ2n) is 16.0. The average Bonchev–Trinajstić information content (AvgIpc) is 4.03. The summed E-state index contributed by atoms with van der Waals surface area (Å²) in [4.78, 5) is 2.37. The molecular formula is C58H35NO3. The predicted octanol–water partition coefficient (Wildman–Crippen LogP) is 17.0. The summed E-state index contributed by atoms with van der Waals surface area (Å²) >= 11 is 0. The fourth-order valence-electron chi connectivity index (χ4n) is 9.53. The maximum Gasteiger partial charge on any atom is 0.143 e. The first-order chi connectivity index (χ1) is 30.7. The average molecular weight is 794 g/mol. The lowest BCUT2D eigenvalue weighted by Gasteiger charge is -2.28. The van der Waals surface area contributed by atoms with Gasteiger partial charge >= 0.3 is 0 Å². The molecule has 4 nitrogen and oxygen atoms in total. The molecule has 3 aromatic heterocycles. The molecular weight excluding hydrogens is 759 g/mol. The molecule has 10 aromatic carbocycles. The van der Waals surface area contributed by atoms with Crippen molar-refractivity contribution in [1.82, 2.24) is 0 Å². The van der Waals surface area contributed by atoms with E-state index in [1.165, 1.54) is 5.39 Å². The van der Waals surface area contributed by atoms with Crippen LogP contribution in [0, 0.1) is 0 Å². The van der Waals surface area contributed by atoms with Gasteiger partial charge < -0.3 is 18.2 Å². The van der Waals surface area contributed by atoms with E-state index in [0.717, 1.165) is 122 Å². The molecule has 0 unspecified atom stereocenters. The lowest BCUT2D eigenvalue weighted by molar-refractivity contribution is 0.668. The third-order valence-corrected chi connectivity index (χ3v) is 12.5. The Kier molecular flexibility index (Phi) is 7.57. The van der Waals surface area contributed by atoms with Gasteiger partial charge in [0.2, 0.25) is 0 Å². The molecule has 0 aliphatic rings. The largest absolute Gasteiger partial charge is 0.456 e. The summed E-state index contributed by atoms with van der Waals surface area (Å²) in [6, 6.07) is 75.2. The third-order valence-electron chi connectivity index (χ3n) is 12.5. The fraction of sp³-hybridized carbons (Fsp3) is 0. The topological polar surface area (TPSA) is 42.7 Å². The number of para-hydroxylation sites is 3. The zero-order valence-electron chi connectivity index (χ0n) is 33.4. The highest BCUT2D eigenvalue weighted by molar-refractivity contribution is 6.16. The molecule has 13 aromatic rings. The van der Waals surface area contributed by atoms with Crippen molar-refractivity contribution in [3.05, 3.63) is 212 Å². The molecule has 0 amide bonds. The first kappa shape index (κ1) is 34.5. The second-order valence-corrected chi connectivity index (χ2v) is 16.0. The van der Waals surface area contributed by atoms with Crippen LogP contribution in [-0.2, 0) is 0 Å². The van der Waals surface area contributed by atoms with Gasteiger partial charge in [-0.1, -0.05) is 133 Å². The van der Waals surface area contributed by atoms with Crippen LogP contribution in [-0.4, -0.2) is 0 Å². The van der Waals surface area contributed by atoms with Crippen molar-refractivity contribution >= 4 is 93.7 Å². The van der Waals surface area contributed by atoms with Gasteiger partial charge in [-0.25, -0.2) is 0 Å². The quantitative estimate of drug-likeness (QED) is 0.168. The first-order valence-corrected chi connectivity index (χ1v) is 21.0. The molecule has 0 saturated carbocycles. The van der Waals surface area contributed by atoms with Gasteiger partial charge in [0.1, 0.15) is 33.5 Å². The SMILES string of the molecule is c1ccc(N(c2ccc(-c3ccc4oc5ccccc5c4c3)cc2)c2ccc(-c3cccc4oc5ccccc5c34)cc2)c(-c2ccc3oc4c5ccccc5ccc4c3c2)c1. The summed E-state index contributed by atoms with van der Waals surface area (Å²) in [5.41, 5.74) is 15.3. The number of anilines is 3. The molecule has 0 spiro atoms. The summed E-state index contributed by atoms with van der Waals surface area (Å²) in [6.45, 7) is 0. The first-order valence-electron chi connectivity index (χ1n) is 21.0. The van der Waals surface area contributed by atoms with Gasteiger partial charge in [0, 0.05) is 54.6 Å². The number of hydrogen-bond acceptors (Lipinski definition) is 4. The molecule has 0 bridgehead atoms. The molecule has 0 N–H and O–H groups in total. The van der Waals surface area contributed by atoms with Crippen LogP contribution in [0.4, 0.5) is 17.1 Å². The summed E-state index contributed by atoms with van der Waals surface area (Å²) in [5.74, 6) is 0. The Labute approximate surface area is 356 Å². The van der Waals surface area contributed by atoms with E-state index in [4.69, 9.17) is 13.3 Å². The number of fused-ring (bicyclic) bond motifs is 11. The van der Waals surface area contributed by atoms with E-state index in [1.54, 1.807) is 0 Å². The van der Waals surface area contributed by atoms with E-state index in [9.17, 15) is 0 Å². The van der Waals surface area contributed by atoms with Crippen LogP contribution in [0.2, 0.25) is 0 Å². The van der Waals surface area contributed by atoms with Crippen LogP contribution in [0.1, 0.15) is 0 Å². The Bertz CT molecular complexity index is 3870. The third kappa shape index (κ3) is 5.40. The van der Waals surface area contributed by atoms with Crippen LogP contribution >= 0.6 is 0 Å². The molecule has 3 heterocycles. The summed E-state index contributed by atoms with van der Waals surface area (Å²) in [7, 11) is 0. The van der Waals surface area contributed by atoms with Gasteiger partial charge in [0.15, 0.2) is 0 Å². The highest BCUT2D eigenvalue weighted by Gasteiger charge is 2.20. The van der Waals surface area contributed by atoms with Crippen LogP contribution < -0.4 is 4.90 Å². The molecule has 0 aliphatic carbocycles. The van der Waals surface area contributed by atoms with E-state index >= 15 is 0 Å². The summed E-state index contributed by atoms with van der Waals surface area (Å²) in [6.07, 6.45) is 0. The van der Waals surface area contributed by atoms with E-state index < -0.39 is 0 Å². The summed E-state index contributed by atoms with van der Waals surface area (Å²) < 4.78 is 19.0. The Hall–Kier alpha value is -8.34. The maximum atomic E-state index is 6.53. The van der Waals surface area contributed by atoms with E-state index in [-0.39, 0.29) is 0 Å². The number of furan rings is 3. The fourth-order valence-corrected chi connectivity index (χ4v) is 9.53. The smallest absolute Gasteiger partial charge is 0.143 e. The zero-order chi connectivity index (χ0) is 40.7. The molecule has 0 aliphatic heterocycles. The Balaban J connectivity index is 0.954. The minimum absolute atomic E-state index is 0.877. The standard InChI is InChI=1S/C58H35NO3/c1-2-12-45-37(10-1)24-31-47-50-35-40(26-33-55(50)62-58(45)47)43-11-3-6-16-51(43)59(41-27-20-36(21-28-41)39-25-32-54-49(34-39)46-13-4-7-17-52(46)60-54)42-29-22-38(23-30-42)44-15-9-19-56-57(44)48-14-5-8-18-53(48)61-56/h1-35H. The highest BCUT2D eigenvalue weighted by atomic mass is 16.3. The van der Waals surface area contributed by atoms with Crippen molar-refractivity contribution in [3.63, 3.8) is 0 Å². The maximum absolute atomic E-state index is 6.53. The molecule has 0 atom stereocenters. The zero-order valence-corrected chi connectivity index (χ0v) is 33.4. The Morgan fingerprint density at radius 1 is 0.290 bits per heavy atom. The van der Waals surface area contributed by atoms with Crippen LogP contribution in [0.3, 0.4) is 0 Å². The van der Waals surface area contributed by atoms with Crippen molar-refractivity contribution in [2.45, 2.75) is 0 Å². The molecule has 0 fully saturated rings. The van der Waals surface area contributed by atoms with Gasteiger partial charge in [-0.2, -0.15) is 0 Å². The predicted molar refractivity (Wildman–Crippen MR) is 257 cm³/mol. The van der Waals surface area contributed by atoms with Crippen molar-refractivity contribution in [3.8, 4) is 33.4 Å². The van der Waals surface area contributed by atoms with Gasteiger partial charge in [-0.3, -0.25) is 0 Å². The Morgan fingerprint density at radius 2 is 0.839 bits per heavy atom. The van der Waals surface area contributed by atoms with Gasteiger partial charge in [0.05, 0.1) is 5.69 Å². The lowest BCUT2D eigenvalue weighted by Crippen LogP contribution is -2.11. The van der Waals surface area contributed by atoms with Crippen molar-refractivity contribution in [2.24, 2.45) is 0 Å². The molecule has 62 heavy (non-hydrogen) atoms. The van der Waals surface area contributed by atoms with E-state index in [0.29, 0.717) is 0 Å². The number of rotatable bonds is 6. The number of nitrogens with zero attached hydrogens (tertiary/aromatic N) is 1. The second kappa shape index (κ2) is 13.6.